The van der Waals surface area contributed by atoms with Crippen LogP contribution < -0.4 is 15.8 Å². The molecule has 0 unspecified atom stereocenters. The monoisotopic (exact) mass is 270 g/mol. The van der Waals surface area contributed by atoms with Crippen LogP contribution in [-0.4, -0.2) is 32.0 Å². The Bertz CT molecular complexity index is 451. The van der Waals surface area contributed by atoms with Crippen LogP contribution >= 0.6 is 11.8 Å². The molecule has 0 saturated carbocycles. The third kappa shape index (κ3) is 4.17. The Balaban J connectivity index is 2.58. The molecular formula is C11H14N2O4S. The summed E-state index contributed by atoms with van der Waals surface area (Å²) in [7, 11) is 2.71. The average molecular weight is 270 g/mol. The second kappa shape index (κ2) is 6.75. The van der Waals surface area contributed by atoms with Gasteiger partial charge in [-0.2, -0.15) is 0 Å². The van der Waals surface area contributed by atoms with Crippen LogP contribution in [0.3, 0.4) is 0 Å². The number of anilines is 1. The summed E-state index contributed by atoms with van der Waals surface area (Å²) in [6.45, 7) is 0. The Labute approximate surface area is 109 Å². The second-order valence-corrected chi connectivity index (χ2v) is 4.26. The summed E-state index contributed by atoms with van der Waals surface area (Å²) in [5.74, 6) is 0.228. The highest BCUT2D eigenvalue weighted by Crippen LogP contribution is 2.30. The van der Waals surface area contributed by atoms with Gasteiger partial charge in [0.1, 0.15) is 5.75 Å². The number of imide groups is 1. The first kappa shape index (κ1) is 14.2. The standard InChI is InChI=1S/C11H14N2O4S/c1-16-8-5-7(12)3-4-9(8)18-6-10(14)13-11(15)17-2/h3-5H,6,12H2,1-2H3,(H,13,14,15). The molecule has 0 spiro atoms. The molecule has 0 aliphatic carbocycles. The molecule has 0 atom stereocenters. The van der Waals surface area contributed by atoms with Gasteiger partial charge in [0.05, 0.1) is 20.0 Å². The zero-order valence-electron chi connectivity index (χ0n) is 10.1. The van der Waals surface area contributed by atoms with Crippen LogP contribution in [0.1, 0.15) is 0 Å². The van der Waals surface area contributed by atoms with Crippen molar-refractivity contribution in [1.82, 2.24) is 5.32 Å². The van der Waals surface area contributed by atoms with E-state index < -0.39 is 12.0 Å². The molecule has 1 aromatic rings. The van der Waals surface area contributed by atoms with Crippen molar-refractivity contribution in [1.29, 1.82) is 0 Å². The van der Waals surface area contributed by atoms with Gasteiger partial charge in [0.2, 0.25) is 5.91 Å². The Kier molecular flexibility index (Phi) is 5.31. The van der Waals surface area contributed by atoms with Gasteiger partial charge in [0.25, 0.3) is 0 Å². The molecule has 1 aromatic carbocycles. The maximum absolute atomic E-state index is 11.4. The van der Waals surface area contributed by atoms with Crippen molar-refractivity contribution in [2.24, 2.45) is 0 Å². The molecule has 0 aromatic heterocycles. The Hall–Kier alpha value is -1.89. The molecule has 0 radical (unpaired) electrons. The van der Waals surface area contributed by atoms with Crippen LogP contribution in [0.5, 0.6) is 5.75 Å². The van der Waals surface area contributed by atoms with Gasteiger partial charge < -0.3 is 15.2 Å². The lowest BCUT2D eigenvalue weighted by Gasteiger charge is -2.08. The fourth-order valence-corrected chi connectivity index (χ4v) is 1.96. The first-order chi connectivity index (χ1) is 8.56. The number of amides is 2. The lowest BCUT2D eigenvalue weighted by molar-refractivity contribution is -0.117. The summed E-state index contributed by atoms with van der Waals surface area (Å²) >= 11 is 1.24. The second-order valence-electron chi connectivity index (χ2n) is 3.24. The molecule has 0 aliphatic heterocycles. The molecule has 1 rings (SSSR count). The molecule has 7 heteroatoms. The molecule has 0 fully saturated rings. The molecule has 0 saturated heterocycles. The van der Waals surface area contributed by atoms with Crippen molar-refractivity contribution in [2.75, 3.05) is 25.7 Å². The van der Waals surface area contributed by atoms with E-state index in [1.807, 2.05) is 0 Å². The van der Waals surface area contributed by atoms with E-state index in [1.165, 1.54) is 26.0 Å². The number of hydrogen-bond donors (Lipinski definition) is 2. The third-order valence-corrected chi connectivity index (χ3v) is 3.03. The van der Waals surface area contributed by atoms with Gasteiger partial charge >= 0.3 is 6.09 Å². The van der Waals surface area contributed by atoms with Gasteiger partial charge in [0, 0.05) is 16.6 Å². The molecule has 0 bridgehead atoms. The van der Waals surface area contributed by atoms with Gasteiger partial charge in [-0.1, -0.05) is 0 Å². The minimum Gasteiger partial charge on any atom is -0.496 e. The largest absolute Gasteiger partial charge is 0.496 e. The van der Waals surface area contributed by atoms with Crippen molar-refractivity contribution in [2.45, 2.75) is 4.90 Å². The summed E-state index contributed by atoms with van der Waals surface area (Å²) in [6, 6.07) is 5.13. The number of carbonyl (C=O) groups excluding carboxylic acids is 2. The first-order valence-corrected chi connectivity index (χ1v) is 5.99. The van der Waals surface area contributed by atoms with E-state index in [2.05, 4.69) is 10.1 Å². The highest BCUT2D eigenvalue weighted by molar-refractivity contribution is 8.00. The lowest BCUT2D eigenvalue weighted by atomic mass is 10.3. The highest BCUT2D eigenvalue weighted by Gasteiger charge is 2.10. The van der Waals surface area contributed by atoms with Crippen molar-refractivity contribution < 1.29 is 19.1 Å². The first-order valence-electron chi connectivity index (χ1n) is 5.01. The fourth-order valence-electron chi connectivity index (χ4n) is 1.15. The minimum atomic E-state index is -0.773. The molecular weight excluding hydrogens is 256 g/mol. The summed E-state index contributed by atoms with van der Waals surface area (Å²) in [5, 5.41) is 2.06. The normalized spacial score (nSPS) is 9.67. The van der Waals surface area contributed by atoms with Crippen LogP contribution in [0.25, 0.3) is 0 Å². The molecule has 98 valence electrons. The van der Waals surface area contributed by atoms with Crippen LogP contribution in [0.2, 0.25) is 0 Å². The number of nitrogens with one attached hydrogen (secondary N) is 1. The maximum Gasteiger partial charge on any atom is 0.413 e. The molecule has 2 amide bonds. The fraction of sp³-hybridized carbons (Fsp3) is 0.273. The van der Waals surface area contributed by atoms with Crippen LogP contribution in [0, 0.1) is 0 Å². The highest BCUT2D eigenvalue weighted by atomic mass is 32.2. The SMILES string of the molecule is COC(=O)NC(=O)CSc1ccc(N)cc1OC. The Morgan fingerprint density at radius 1 is 1.39 bits per heavy atom. The van der Waals surface area contributed by atoms with E-state index in [1.54, 1.807) is 18.2 Å². The van der Waals surface area contributed by atoms with Gasteiger partial charge in [-0.05, 0) is 12.1 Å². The zero-order valence-corrected chi connectivity index (χ0v) is 10.9. The summed E-state index contributed by atoms with van der Waals surface area (Å²) < 4.78 is 9.45. The molecule has 0 heterocycles. The molecule has 6 nitrogen and oxygen atoms in total. The molecule has 3 N–H and O–H groups in total. The topological polar surface area (TPSA) is 90.7 Å². The number of benzene rings is 1. The van der Waals surface area contributed by atoms with Gasteiger partial charge in [-0.3, -0.25) is 10.1 Å². The predicted molar refractivity (Wildman–Crippen MR) is 68.7 cm³/mol. The smallest absolute Gasteiger partial charge is 0.413 e. The third-order valence-electron chi connectivity index (χ3n) is 1.97. The predicted octanol–water partition coefficient (Wildman–Crippen LogP) is 1.25. The lowest BCUT2D eigenvalue weighted by Crippen LogP contribution is -2.31. The van der Waals surface area contributed by atoms with Gasteiger partial charge in [-0.25, -0.2) is 4.79 Å². The van der Waals surface area contributed by atoms with Gasteiger partial charge in [0.15, 0.2) is 0 Å². The van der Waals surface area contributed by atoms with Crippen molar-refractivity contribution in [3.8, 4) is 5.75 Å². The number of alkyl carbamates (subject to hydrolysis) is 1. The van der Waals surface area contributed by atoms with Crippen LogP contribution in [0.15, 0.2) is 23.1 Å². The number of nitrogen functional groups attached to an aromatic ring is 1. The quantitative estimate of drug-likeness (QED) is 0.632. The number of hydrogen-bond acceptors (Lipinski definition) is 6. The number of nitrogens with two attached hydrogens (primary N) is 1. The van der Waals surface area contributed by atoms with Crippen molar-refractivity contribution >= 4 is 29.4 Å². The van der Waals surface area contributed by atoms with Crippen molar-refractivity contribution in [3.05, 3.63) is 18.2 Å². The van der Waals surface area contributed by atoms with Crippen molar-refractivity contribution in [3.63, 3.8) is 0 Å². The van der Waals surface area contributed by atoms with E-state index >= 15 is 0 Å². The van der Waals surface area contributed by atoms with E-state index in [0.29, 0.717) is 11.4 Å². The van der Waals surface area contributed by atoms with E-state index in [-0.39, 0.29) is 5.75 Å². The maximum atomic E-state index is 11.4. The number of methoxy groups -OCH3 is 2. The Morgan fingerprint density at radius 2 is 2.11 bits per heavy atom. The summed E-state index contributed by atoms with van der Waals surface area (Å²) in [5.41, 5.74) is 6.19. The number of thioether (sulfide) groups is 1. The van der Waals surface area contributed by atoms with Crippen LogP contribution in [0.4, 0.5) is 10.5 Å². The van der Waals surface area contributed by atoms with Crippen LogP contribution in [-0.2, 0) is 9.53 Å². The number of ether oxygens (including phenoxy) is 2. The van der Waals surface area contributed by atoms with Gasteiger partial charge in [-0.15, -0.1) is 11.8 Å². The number of carbonyl (C=O) groups is 2. The minimum absolute atomic E-state index is 0.0787. The van der Waals surface area contributed by atoms with E-state index in [9.17, 15) is 9.59 Å². The summed E-state index contributed by atoms with van der Waals surface area (Å²) in [6.07, 6.45) is -0.773. The Morgan fingerprint density at radius 3 is 2.72 bits per heavy atom. The summed E-state index contributed by atoms with van der Waals surface area (Å²) in [4.78, 5) is 22.9. The zero-order chi connectivity index (χ0) is 13.5. The number of rotatable bonds is 4. The molecule has 0 aliphatic rings. The average Bonchev–Trinajstić information content (AvgIpc) is 2.36. The van der Waals surface area contributed by atoms with E-state index in [4.69, 9.17) is 10.5 Å². The van der Waals surface area contributed by atoms with E-state index in [0.717, 1.165) is 4.90 Å². The molecule has 18 heavy (non-hydrogen) atoms.